The summed E-state index contributed by atoms with van der Waals surface area (Å²) < 4.78 is 27.9. The summed E-state index contributed by atoms with van der Waals surface area (Å²) in [5.41, 5.74) is 1.48. The first-order valence-corrected chi connectivity index (χ1v) is 12.9. The molecule has 1 aromatic rings. The fourth-order valence-electron chi connectivity index (χ4n) is 4.21. The van der Waals surface area contributed by atoms with Gasteiger partial charge in [-0.05, 0) is 61.8 Å². The van der Waals surface area contributed by atoms with Gasteiger partial charge in [0.2, 0.25) is 21.8 Å². The highest BCUT2D eigenvalue weighted by Gasteiger charge is 2.31. The van der Waals surface area contributed by atoms with Gasteiger partial charge in [-0.25, -0.2) is 8.42 Å². The highest BCUT2D eigenvalue weighted by molar-refractivity contribution is 7.89. The SMILES string of the molecule is CCCCN(C)C(=O)CN1C(=O)CCCc2cc(S(=O)(=O)N3CCC(C)CC3)ccc21. The third kappa shape index (κ3) is 5.47. The Kier molecular flexibility index (Phi) is 7.75. The Hall–Kier alpha value is -1.93. The van der Waals surface area contributed by atoms with E-state index in [1.165, 1.54) is 4.90 Å². The van der Waals surface area contributed by atoms with Gasteiger partial charge < -0.3 is 9.80 Å². The number of piperidine rings is 1. The number of benzene rings is 1. The zero-order valence-corrected chi connectivity index (χ0v) is 19.8. The molecule has 0 unspecified atom stereocenters. The van der Waals surface area contributed by atoms with E-state index < -0.39 is 10.0 Å². The molecule has 1 fully saturated rings. The average molecular weight is 450 g/mol. The highest BCUT2D eigenvalue weighted by atomic mass is 32.2. The molecule has 0 spiro atoms. The van der Waals surface area contributed by atoms with Gasteiger partial charge in [-0.15, -0.1) is 0 Å². The van der Waals surface area contributed by atoms with Crippen LogP contribution < -0.4 is 4.90 Å². The van der Waals surface area contributed by atoms with E-state index in [2.05, 4.69) is 13.8 Å². The van der Waals surface area contributed by atoms with E-state index in [0.717, 1.165) is 31.2 Å². The first-order chi connectivity index (χ1) is 14.7. The predicted octanol–water partition coefficient (Wildman–Crippen LogP) is 3.04. The average Bonchev–Trinajstić information content (AvgIpc) is 2.90. The summed E-state index contributed by atoms with van der Waals surface area (Å²) in [6.45, 7) is 5.97. The Labute approximate surface area is 186 Å². The van der Waals surface area contributed by atoms with Crippen molar-refractivity contribution in [1.29, 1.82) is 0 Å². The fraction of sp³-hybridized carbons (Fsp3) is 0.652. The van der Waals surface area contributed by atoms with Gasteiger partial charge in [-0.2, -0.15) is 4.31 Å². The minimum absolute atomic E-state index is 0.0117. The Morgan fingerprint density at radius 3 is 2.58 bits per heavy atom. The Balaban J connectivity index is 1.84. The van der Waals surface area contributed by atoms with Crippen LogP contribution >= 0.6 is 0 Å². The van der Waals surface area contributed by atoms with Crippen LogP contribution in [0.3, 0.4) is 0 Å². The number of amides is 2. The smallest absolute Gasteiger partial charge is 0.243 e. The summed E-state index contributed by atoms with van der Waals surface area (Å²) in [5, 5.41) is 0. The first kappa shape index (κ1) is 23.7. The van der Waals surface area contributed by atoms with Crippen LogP contribution in [0, 0.1) is 5.92 Å². The van der Waals surface area contributed by atoms with Crippen LogP contribution in [0.25, 0.3) is 0 Å². The maximum absolute atomic E-state index is 13.2. The molecule has 0 radical (unpaired) electrons. The maximum atomic E-state index is 13.2. The molecule has 0 saturated carbocycles. The number of aryl methyl sites for hydroxylation is 1. The molecule has 172 valence electrons. The largest absolute Gasteiger partial charge is 0.344 e. The maximum Gasteiger partial charge on any atom is 0.243 e. The minimum Gasteiger partial charge on any atom is -0.344 e. The van der Waals surface area contributed by atoms with Crippen molar-refractivity contribution in [2.24, 2.45) is 5.92 Å². The number of rotatable bonds is 7. The quantitative estimate of drug-likeness (QED) is 0.641. The van der Waals surface area contributed by atoms with E-state index in [1.54, 1.807) is 34.5 Å². The number of likely N-dealkylation sites (N-methyl/N-ethyl adjacent to an activating group) is 1. The fourth-order valence-corrected chi connectivity index (χ4v) is 5.73. The van der Waals surface area contributed by atoms with Crippen molar-refractivity contribution in [2.45, 2.75) is 63.7 Å². The van der Waals surface area contributed by atoms with Crippen molar-refractivity contribution >= 4 is 27.5 Å². The molecule has 31 heavy (non-hydrogen) atoms. The van der Waals surface area contributed by atoms with Crippen LogP contribution in [0.5, 0.6) is 0 Å². The van der Waals surface area contributed by atoms with Gasteiger partial charge in [0.1, 0.15) is 6.54 Å². The molecule has 0 N–H and O–H groups in total. The number of carbonyl (C=O) groups is 2. The number of nitrogens with zero attached hydrogens (tertiary/aromatic N) is 3. The van der Waals surface area contributed by atoms with Crippen LogP contribution in [-0.4, -0.2) is 62.7 Å². The predicted molar refractivity (Wildman–Crippen MR) is 121 cm³/mol. The monoisotopic (exact) mass is 449 g/mol. The van der Waals surface area contributed by atoms with Gasteiger partial charge in [0.15, 0.2) is 0 Å². The molecule has 1 aromatic carbocycles. The van der Waals surface area contributed by atoms with E-state index in [1.807, 2.05) is 0 Å². The van der Waals surface area contributed by atoms with E-state index in [0.29, 0.717) is 50.5 Å². The number of unbranched alkanes of at least 4 members (excludes halogenated alkanes) is 1. The zero-order valence-electron chi connectivity index (χ0n) is 19.0. The van der Waals surface area contributed by atoms with Crippen molar-refractivity contribution in [2.75, 3.05) is 38.1 Å². The topological polar surface area (TPSA) is 78.0 Å². The molecule has 8 heteroatoms. The van der Waals surface area contributed by atoms with E-state index in [-0.39, 0.29) is 23.3 Å². The van der Waals surface area contributed by atoms with Crippen LogP contribution in [0.15, 0.2) is 23.1 Å². The molecule has 2 amide bonds. The number of hydrogen-bond donors (Lipinski definition) is 0. The van der Waals surface area contributed by atoms with Crippen molar-refractivity contribution < 1.29 is 18.0 Å². The molecule has 2 heterocycles. The first-order valence-electron chi connectivity index (χ1n) is 11.4. The van der Waals surface area contributed by atoms with Gasteiger partial charge in [-0.1, -0.05) is 20.3 Å². The lowest BCUT2D eigenvalue weighted by Crippen LogP contribution is -2.41. The normalized spacial score (nSPS) is 18.5. The van der Waals surface area contributed by atoms with Crippen molar-refractivity contribution in [3.8, 4) is 0 Å². The van der Waals surface area contributed by atoms with E-state index in [4.69, 9.17) is 0 Å². The molecule has 2 aliphatic rings. The number of anilines is 1. The van der Waals surface area contributed by atoms with E-state index in [9.17, 15) is 18.0 Å². The van der Waals surface area contributed by atoms with Gasteiger partial charge in [0.25, 0.3) is 0 Å². The van der Waals surface area contributed by atoms with Crippen LogP contribution in [0.4, 0.5) is 5.69 Å². The summed E-state index contributed by atoms with van der Waals surface area (Å²) in [6.07, 6.45) is 5.29. The Morgan fingerprint density at radius 2 is 1.90 bits per heavy atom. The van der Waals surface area contributed by atoms with Crippen LogP contribution in [-0.2, 0) is 26.0 Å². The third-order valence-corrected chi connectivity index (χ3v) is 8.32. The minimum atomic E-state index is -3.55. The van der Waals surface area contributed by atoms with Crippen molar-refractivity contribution in [1.82, 2.24) is 9.21 Å². The molecule has 0 aliphatic carbocycles. The molecular weight excluding hydrogens is 414 g/mol. The summed E-state index contributed by atoms with van der Waals surface area (Å²) in [4.78, 5) is 28.9. The zero-order chi connectivity index (χ0) is 22.6. The van der Waals surface area contributed by atoms with Crippen LogP contribution in [0.1, 0.15) is 57.9 Å². The molecule has 3 rings (SSSR count). The van der Waals surface area contributed by atoms with Crippen molar-refractivity contribution in [3.05, 3.63) is 23.8 Å². The van der Waals surface area contributed by atoms with Gasteiger partial charge in [-0.3, -0.25) is 9.59 Å². The summed E-state index contributed by atoms with van der Waals surface area (Å²) in [6, 6.07) is 5.00. The molecule has 0 atom stereocenters. The third-order valence-electron chi connectivity index (χ3n) is 6.43. The van der Waals surface area contributed by atoms with Gasteiger partial charge >= 0.3 is 0 Å². The summed E-state index contributed by atoms with van der Waals surface area (Å²) in [7, 11) is -1.79. The molecule has 0 aromatic heterocycles. The number of hydrogen-bond acceptors (Lipinski definition) is 4. The second kappa shape index (κ2) is 10.1. The number of carbonyl (C=O) groups excluding carboxylic acids is 2. The lowest BCUT2D eigenvalue weighted by Gasteiger charge is -2.30. The number of sulfonamides is 1. The molecule has 7 nitrogen and oxygen atoms in total. The molecule has 1 saturated heterocycles. The lowest BCUT2D eigenvalue weighted by atomic mass is 10.0. The Morgan fingerprint density at radius 1 is 1.19 bits per heavy atom. The second-order valence-electron chi connectivity index (χ2n) is 8.88. The summed E-state index contributed by atoms with van der Waals surface area (Å²) >= 11 is 0. The Bertz CT molecular complexity index is 907. The van der Waals surface area contributed by atoms with Gasteiger partial charge in [0, 0.05) is 38.8 Å². The second-order valence-corrected chi connectivity index (χ2v) is 10.8. The van der Waals surface area contributed by atoms with Crippen LogP contribution in [0.2, 0.25) is 0 Å². The number of fused-ring (bicyclic) bond motifs is 1. The van der Waals surface area contributed by atoms with Crippen molar-refractivity contribution in [3.63, 3.8) is 0 Å². The van der Waals surface area contributed by atoms with Gasteiger partial charge in [0.05, 0.1) is 4.90 Å². The lowest BCUT2D eigenvalue weighted by molar-refractivity contribution is -0.130. The molecular formula is C23H35N3O4S. The molecule has 2 aliphatic heterocycles. The highest BCUT2D eigenvalue weighted by Crippen LogP contribution is 2.31. The van der Waals surface area contributed by atoms with E-state index >= 15 is 0 Å². The summed E-state index contributed by atoms with van der Waals surface area (Å²) in [5.74, 6) is 0.358. The standard InChI is InChI=1S/C23H35N3O4S/c1-4-5-13-24(3)23(28)17-26-21-10-9-20(16-19(21)7-6-8-22(26)27)31(29,30)25-14-11-18(2)12-15-25/h9-10,16,18H,4-8,11-15,17H2,1-3H3. The molecule has 0 bridgehead atoms.